The Kier molecular flexibility index (Phi) is 4.03. The van der Waals surface area contributed by atoms with Crippen LogP contribution in [0.4, 0.5) is 0 Å². The summed E-state index contributed by atoms with van der Waals surface area (Å²) in [6.07, 6.45) is 6.18. The van der Waals surface area contributed by atoms with E-state index in [1.807, 2.05) is 0 Å². The zero-order chi connectivity index (χ0) is 14.9. The van der Waals surface area contributed by atoms with Crippen molar-refractivity contribution in [3.8, 4) is 0 Å². The fourth-order valence-electron chi connectivity index (χ4n) is 4.20. The van der Waals surface area contributed by atoms with Crippen molar-refractivity contribution in [2.45, 2.75) is 51.5 Å². The van der Waals surface area contributed by atoms with E-state index in [2.05, 4.69) is 56.3 Å². The molecule has 1 fully saturated rings. The third-order valence-corrected chi connectivity index (χ3v) is 5.02. The van der Waals surface area contributed by atoms with E-state index in [1.54, 1.807) is 0 Å². The second kappa shape index (κ2) is 5.81. The highest BCUT2D eigenvalue weighted by Crippen LogP contribution is 2.42. The molecule has 0 amide bonds. The highest BCUT2D eigenvalue weighted by molar-refractivity contribution is 5.86. The molecule has 0 spiro atoms. The average Bonchev–Trinajstić information content (AvgIpc) is 2.46. The van der Waals surface area contributed by atoms with Crippen LogP contribution in [0.1, 0.15) is 51.5 Å². The third-order valence-electron chi connectivity index (χ3n) is 5.02. The van der Waals surface area contributed by atoms with E-state index in [0.29, 0.717) is 0 Å². The first-order valence-electron chi connectivity index (χ1n) is 8.35. The fourth-order valence-corrected chi connectivity index (χ4v) is 4.20. The monoisotopic (exact) mass is 281 g/mol. The van der Waals surface area contributed by atoms with Crippen molar-refractivity contribution in [3.63, 3.8) is 0 Å². The van der Waals surface area contributed by atoms with E-state index >= 15 is 0 Å². The number of hydrogen-bond acceptors (Lipinski definition) is 1. The van der Waals surface area contributed by atoms with Crippen LogP contribution in [-0.2, 0) is 5.54 Å². The van der Waals surface area contributed by atoms with Crippen LogP contribution >= 0.6 is 0 Å². The van der Waals surface area contributed by atoms with Crippen LogP contribution in [-0.4, -0.2) is 0 Å². The molecule has 112 valence electrons. The van der Waals surface area contributed by atoms with Crippen molar-refractivity contribution in [1.82, 2.24) is 0 Å². The number of hydrogen-bond donors (Lipinski definition) is 1. The van der Waals surface area contributed by atoms with Gasteiger partial charge in [0.15, 0.2) is 0 Å². The van der Waals surface area contributed by atoms with Gasteiger partial charge >= 0.3 is 0 Å². The minimum absolute atomic E-state index is 0.140. The normalized spacial score (nSPS) is 26.4. The van der Waals surface area contributed by atoms with Gasteiger partial charge in [0.1, 0.15) is 0 Å². The van der Waals surface area contributed by atoms with Crippen LogP contribution in [0.3, 0.4) is 0 Å². The van der Waals surface area contributed by atoms with Gasteiger partial charge in [-0.3, -0.25) is 0 Å². The maximum Gasteiger partial charge on any atom is 0.0418 e. The van der Waals surface area contributed by atoms with Gasteiger partial charge in [-0.2, -0.15) is 0 Å². The molecule has 2 N–H and O–H groups in total. The summed E-state index contributed by atoms with van der Waals surface area (Å²) in [4.78, 5) is 0. The predicted molar refractivity (Wildman–Crippen MR) is 91.2 cm³/mol. The first-order valence-corrected chi connectivity index (χ1v) is 8.35. The molecule has 2 atom stereocenters. The van der Waals surface area contributed by atoms with E-state index in [4.69, 9.17) is 5.73 Å². The van der Waals surface area contributed by atoms with Gasteiger partial charge in [0.05, 0.1) is 0 Å². The molecule has 1 aliphatic rings. The molecule has 3 rings (SSSR count). The molecule has 0 bridgehead atoms. The molecule has 1 aliphatic carbocycles. The van der Waals surface area contributed by atoms with Gasteiger partial charge in [0.2, 0.25) is 0 Å². The van der Waals surface area contributed by atoms with Gasteiger partial charge in [0.25, 0.3) is 0 Å². The first kappa shape index (κ1) is 14.6. The molecule has 1 nitrogen and oxygen atoms in total. The number of benzene rings is 2. The zero-order valence-corrected chi connectivity index (χ0v) is 13.3. The molecular formula is C20H27N. The molecule has 2 aromatic carbocycles. The van der Waals surface area contributed by atoms with E-state index in [0.717, 1.165) is 24.7 Å². The molecule has 0 saturated heterocycles. The van der Waals surface area contributed by atoms with Crippen molar-refractivity contribution in [3.05, 3.63) is 48.0 Å². The maximum atomic E-state index is 6.91. The van der Waals surface area contributed by atoms with E-state index in [-0.39, 0.29) is 5.54 Å². The molecule has 0 heterocycles. The van der Waals surface area contributed by atoms with E-state index in [9.17, 15) is 0 Å². The molecule has 1 heteroatoms. The smallest absolute Gasteiger partial charge is 0.0418 e. The Morgan fingerprint density at radius 1 is 1.14 bits per heavy atom. The van der Waals surface area contributed by atoms with Gasteiger partial charge in [-0.05, 0) is 47.4 Å². The summed E-state index contributed by atoms with van der Waals surface area (Å²) in [6.45, 7) is 4.65. The number of rotatable bonds is 3. The minimum atomic E-state index is -0.140. The van der Waals surface area contributed by atoms with Gasteiger partial charge in [-0.25, -0.2) is 0 Å². The minimum Gasteiger partial charge on any atom is -0.321 e. The highest BCUT2D eigenvalue weighted by Gasteiger charge is 2.35. The Balaban J connectivity index is 1.96. The van der Waals surface area contributed by atoms with Gasteiger partial charge in [0, 0.05) is 5.54 Å². The van der Waals surface area contributed by atoms with Crippen molar-refractivity contribution in [1.29, 1.82) is 0 Å². The number of fused-ring (bicyclic) bond motifs is 1. The molecule has 1 saturated carbocycles. The van der Waals surface area contributed by atoms with Crippen LogP contribution in [0.15, 0.2) is 42.5 Å². The lowest BCUT2D eigenvalue weighted by atomic mass is 9.70. The summed E-state index contributed by atoms with van der Waals surface area (Å²) in [7, 11) is 0. The van der Waals surface area contributed by atoms with Crippen molar-refractivity contribution in [2.24, 2.45) is 17.6 Å². The Bertz CT molecular complexity index is 611. The Labute approximate surface area is 128 Å². The van der Waals surface area contributed by atoms with Crippen molar-refractivity contribution < 1.29 is 0 Å². The third kappa shape index (κ3) is 2.98. The molecular weight excluding hydrogens is 254 g/mol. The summed E-state index contributed by atoms with van der Waals surface area (Å²) in [5.41, 5.74) is 8.13. The van der Waals surface area contributed by atoms with Crippen LogP contribution in [0.5, 0.6) is 0 Å². The zero-order valence-electron chi connectivity index (χ0n) is 13.3. The molecule has 0 radical (unpaired) electrons. The van der Waals surface area contributed by atoms with Gasteiger partial charge in [-0.1, -0.05) is 69.2 Å². The lowest BCUT2D eigenvalue weighted by Gasteiger charge is -2.39. The molecule has 21 heavy (non-hydrogen) atoms. The molecule has 0 aliphatic heterocycles. The Morgan fingerprint density at radius 3 is 2.71 bits per heavy atom. The second-order valence-corrected chi connectivity index (χ2v) is 7.27. The van der Waals surface area contributed by atoms with Gasteiger partial charge < -0.3 is 5.73 Å². The SMILES string of the molecule is CC(C)CC1CCCC(N)(c2cccc3ccccc23)C1. The summed E-state index contributed by atoms with van der Waals surface area (Å²) in [6, 6.07) is 15.3. The van der Waals surface area contributed by atoms with Crippen LogP contribution < -0.4 is 5.73 Å². The van der Waals surface area contributed by atoms with E-state index in [1.165, 1.54) is 35.6 Å². The number of nitrogens with two attached hydrogens (primary N) is 1. The second-order valence-electron chi connectivity index (χ2n) is 7.27. The maximum absolute atomic E-state index is 6.91. The lowest BCUT2D eigenvalue weighted by molar-refractivity contribution is 0.203. The average molecular weight is 281 g/mol. The molecule has 2 unspecified atom stereocenters. The first-order chi connectivity index (χ1) is 10.1. The summed E-state index contributed by atoms with van der Waals surface area (Å²) in [5, 5.41) is 2.65. The summed E-state index contributed by atoms with van der Waals surface area (Å²) < 4.78 is 0. The quantitative estimate of drug-likeness (QED) is 0.819. The standard InChI is InChI=1S/C20H27N/c1-15(2)13-16-7-6-12-20(21,14-16)19-11-5-9-17-8-3-4-10-18(17)19/h3-5,8-11,15-16H,6-7,12-14,21H2,1-2H3. The van der Waals surface area contributed by atoms with Gasteiger partial charge in [-0.15, -0.1) is 0 Å². The lowest BCUT2D eigenvalue weighted by Crippen LogP contribution is -2.41. The predicted octanol–water partition coefficient (Wildman–Crippen LogP) is 5.23. The van der Waals surface area contributed by atoms with Crippen LogP contribution in [0, 0.1) is 11.8 Å². The van der Waals surface area contributed by atoms with Crippen LogP contribution in [0.25, 0.3) is 10.8 Å². The molecule has 0 aromatic heterocycles. The van der Waals surface area contributed by atoms with Crippen molar-refractivity contribution >= 4 is 10.8 Å². The Morgan fingerprint density at radius 2 is 1.90 bits per heavy atom. The van der Waals surface area contributed by atoms with E-state index < -0.39 is 0 Å². The van der Waals surface area contributed by atoms with Crippen LogP contribution in [0.2, 0.25) is 0 Å². The largest absolute Gasteiger partial charge is 0.321 e. The topological polar surface area (TPSA) is 26.0 Å². The molecule has 2 aromatic rings. The highest BCUT2D eigenvalue weighted by atomic mass is 14.8. The summed E-state index contributed by atoms with van der Waals surface area (Å²) >= 11 is 0. The fraction of sp³-hybridized carbons (Fsp3) is 0.500. The van der Waals surface area contributed by atoms with Crippen molar-refractivity contribution in [2.75, 3.05) is 0 Å². The summed E-state index contributed by atoms with van der Waals surface area (Å²) in [5.74, 6) is 1.55. The Hall–Kier alpha value is -1.34.